The fraction of sp³-hybridized carbons (Fsp3) is 0.850. The number of hydrogen-bond acceptors (Lipinski definition) is 16. The monoisotopic (exact) mass is 1010 g/mol. The van der Waals surface area contributed by atoms with Crippen molar-refractivity contribution in [2.24, 2.45) is 0 Å². The van der Waals surface area contributed by atoms with Gasteiger partial charge < -0.3 is 39.8 Å². The fourth-order valence-electron chi connectivity index (χ4n) is 6.34. The van der Waals surface area contributed by atoms with Crippen molar-refractivity contribution in [3.05, 3.63) is 34.9 Å². The summed E-state index contributed by atoms with van der Waals surface area (Å²) >= 11 is 2.00. The molecule has 1 aromatic rings. The van der Waals surface area contributed by atoms with E-state index < -0.39 is 26.4 Å². The maximum Gasteiger partial charge on any atom is 0.500 e. The van der Waals surface area contributed by atoms with Crippen LogP contribution in [0.15, 0.2) is 18.2 Å². The zero-order valence-corrected chi connectivity index (χ0v) is 46.7. The van der Waals surface area contributed by atoms with Crippen LogP contribution in [0.5, 0.6) is 0 Å². The minimum absolute atomic E-state index is 0.628. The minimum atomic E-state index is -2.58. The van der Waals surface area contributed by atoms with Crippen molar-refractivity contribution in [2.75, 3.05) is 88.2 Å². The highest BCUT2D eigenvalue weighted by Gasteiger charge is 2.41. The highest BCUT2D eigenvalue weighted by atomic mass is 33.5. The molecule has 348 valence electrons. The Hall–Kier alpha value is 1.96. The van der Waals surface area contributed by atoms with E-state index in [1.54, 1.807) is 0 Å². The van der Waals surface area contributed by atoms with Gasteiger partial charge in [-0.15, -0.1) is 0 Å². The van der Waals surface area contributed by atoms with E-state index in [1.807, 2.05) is 137 Å². The number of rotatable bonds is 44. The highest BCUT2D eigenvalue weighted by Crippen LogP contribution is 2.38. The van der Waals surface area contributed by atoms with Crippen molar-refractivity contribution in [3.8, 4) is 0 Å². The Balaban J connectivity index is 2.66. The molecule has 0 saturated heterocycles. The van der Waals surface area contributed by atoms with Crippen LogP contribution < -0.4 is 0 Å². The predicted octanol–water partition coefficient (Wildman–Crippen LogP) is 13.2. The van der Waals surface area contributed by atoms with Crippen molar-refractivity contribution < 1.29 is 39.8 Å². The van der Waals surface area contributed by atoms with E-state index in [9.17, 15) is 0 Å². The summed E-state index contributed by atoms with van der Waals surface area (Å²) in [5.74, 6) is 6.54. The molecule has 0 aliphatic heterocycles. The molecule has 19 heteroatoms. The van der Waals surface area contributed by atoms with Gasteiger partial charge in [-0.1, -0.05) is 61.4 Å². The second-order valence-corrected chi connectivity index (χ2v) is 31.3. The van der Waals surface area contributed by atoms with Crippen LogP contribution in [0.1, 0.15) is 111 Å². The van der Waals surface area contributed by atoms with Crippen LogP contribution in [0.4, 0.5) is 0 Å². The molecule has 0 saturated carbocycles. The topological polar surface area (TPSA) is 83.1 Å². The first kappa shape index (κ1) is 59.0. The highest BCUT2D eigenvalue weighted by molar-refractivity contribution is 9.09. The molecule has 1 aromatic carbocycles. The molecule has 0 fully saturated rings. The van der Waals surface area contributed by atoms with E-state index >= 15 is 0 Å². The summed E-state index contributed by atoms with van der Waals surface area (Å²) in [5.41, 5.74) is 4.41. The molecule has 0 unspecified atom stereocenters. The van der Waals surface area contributed by atoms with E-state index in [-0.39, 0.29) is 0 Å². The van der Waals surface area contributed by atoms with Gasteiger partial charge in [0, 0.05) is 106 Å². The molecule has 1 rings (SSSR count). The van der Waals surface area contributed by atoms with Gasteiger partial charge in [0.05, 0.1) is 0 Å². The SMILES string of the molecule is CCO[Si](CCCCSSSCCc1ccc(CSCCC[Si](OCC)(OCC)OCC)cc1CCSSSCCCC[Si](OCC)(OCC)OCC)(OCC)OCC. The number of unbranched alkanes of at least 4 members (excludes halogenated alkanes) is 2. The van der Waals surface area contributed by atoms with Crippen LogP contribution >= 0.6 is 74.6 Å². The fourth-order valence-corrected chi connectivity index (χ4v) is 23.3. The second-order valence-electron chi connectivity index (χ2n) is 13.0. The molecule has 0 atom stereocenters. The predicted molar refractivity (Wildman–Crippen MR) is 274 cm³/mol. The maximum absolute atomic E-state index is 6.07. The molecule has 0 amide bonds. The largest absolute Gasteiger partial charge is 0.500 e. The summed E-state index contributed by atoms with van der Waals surface area (Å²) in [6.07, 6.45) is 7.64. The average molecular weight is 1010 g/mol. The molecular weight excluding hydrogens is 933 g/mol. The van der Waals surface area contributed by atoms with E-state index in [2.05, 4.69) is 18.2 Å². The Bertz CT molecular complexity index is 1080. The number of benzene rings is 1. The van der Waals surface area contributed by atoms with Gasteiger partial charge in [-0.3, -0.25) is 0 Å². The van der Waals surface area contributed by atoms with Crippen molar-refractivity contribution in [1.82, 2.24) is 0 Å². The molecule has 0 heterocycles. The van der Waals surface area contributed by atoms with Crippen molar-refractivity contribution in [1.29, 1.82) is 0 Å². The Morgan fingerprint density at radius 1 is 0.390 bits per heavy atom. The summed E-state index contributed by atoms with van der Waals surface area (Å²) in [7, 11) is 4.10. The van der Waals surface area contributed by atoms with Crippen LogP contribution in [0, 0.1) is 0 Å². The molecule has 9 nitrogen and oxygen atoms in total. The lowest BCUT2D eigenvalue weighted by atomic mass is 10.0. The van der Waals surface area contributed by atoms with Crippen LogP contribution in [0.2, 0.25) is 18.1 Å². The molecule has 0 N–H and O–H groups in total. The molecule has 0 aliphatic carbocycles. The zero-order chi connectivity index (χ0) is 43.3. The normalized spacial score (nSPS) is 12.6. The van der Waals surface area contributed by atoms with Gasteiger partial charge in [0.25, 0.3) is 0 Å². The number of aryl methyl sites for hydroxylation is 2. The van der Waals surface area contributed by atoms with Gasteiger partial charge >= 0.3 is 26.4 Å². The first-order valence-electron chi connectivity index (χ1n) is 22.1. The summed E-state index contributed by atoms with van der Waals surface area (Å²) in [4.78, 5) is 0. The van der Waals surface area contributed by atoms with Crippen LogP contribution in [-0.4, -0.2) is 115 Å². The Morgan fingerprint density at radius 3 is 1.14 bits per heavy atom. The molecule has 0 spiro atoms. The van der Waals surface area contributed by atoms with E-state index in [4.69, 9.17) is 39.8 Å². The minimum Gasteiger partial charge on any atom is -0.374 e. The van der Waals surface area contributed by atoms with Gasteiger partial charge in [-0.05, 0) is 149 Å². The second kappa shape index (κ2) is 39.2. The lowest BCUT2D eigenvalue weighted by molar-refractivity contribution is 0.0700. The molecule has 0 radical (unpaired) electrons. The van der Waals surface area contributed by atoms with Crippen LogP contribution in [-0.2, 0) is 58.4 Å². The standard InChI is InChI=1S/C40H80O9S7Si3/c1-10-41-57(42-11-2,43-12-3)33-21-19-29-51-55-53-31-26-39-25-24-38(37-50-28-23-35-59(47-16-7,48-17-8)49-18-9)36-40(39)27-32-54-56-52-30-20-22-34-58(44-13-4,45-14-5)46-15-6/h24-25,36H,10-23,26-35,37H2,1-9H3. The summed E-state index contributed by atoms with van der Waals surface area (Å²) < 4.78 is 54.4. The smallest absolute Gasteiger partial charge is 0.374 e. The van der Waals surface area contributed by atoms with Gasteiger partial charge in [0.2, 0.25) is 0 Å². The quantitative estimate of drug-likeness (QED) is 0.0353. The number of hydrogen-bond donors (Lipinski definition) is 0. The van der Waals surface area contributed by atoms with E-state index in [1.165, 1.54) is 16.7 Å². The van der Waals surface area contributed by atoms with Crippen molar-refractivity contribution in [3.63, 3.8) is 0 Å². The van der Waals surface area contributed by atoms with Crippen LogP contribution in [0.3, 0.4) is 0 Å². The third-order valence-corrected chi connectivity index (χ3v) is 27.8. The van der Waals surface area contributed by atoms with E-state index in [0.717, 1.165) is 97.6 Å². The average Bonchev–Trinajstić information content (AvgIpc) is 3.21. The summed E-state index contributed by atoms with van der Waals surface area (Å²) in [6, 6.07) is 9.89. The zero-order valence-electron chi connectivity index (χ0n) is 37.9. The molecule has 0 bridgehead atoms. The van der Waals surface area contributed by atoms with Gasteiger partial charge in [-0.2, -0.15) is 11.8 Å². The Kier molecular flexibility index (Phi) is 39.1. The first-order chi connectivity index (χ1) is 28.8. The lowest BCUT2D eigenvalue weighted by Crippen LogP contribution is -2.46. The number of thioether (sulfide) groups is 1. The van der Waals surface area contributed by atoms with E-state index in [0.29, 0.717) is 59.5 Å². The Labute approximate surface area is 392 Å². The third-order valence-electron chi connectivity index (χ3n) is 8.61. The first-order valence-corrected chi connectivity index (χ1v) is 36.7. The van der Waals surface area contributed by atoms with Gasteiger partial charge in [0.1, 0.15) is 0 Å². The maximum atomic E-state index is 6.07. The molecular formula is C40H80O9S7Si3. The molecule has 0 aliphatic rings. The van der Waals surface area contributed by atoms with Gasteiger partial charge in [-0.25, -0.2) is 0 Å². The van der Waals surface area contributed by atoms with Gasteiger partial charge in [0.15, 0.2) is 0 Å². The summed E-state index contributed by atoms with van der Waals surface area (Å²) in [5, 5.41) is 0. The van der Waals surface area contributed by atoms with Crippen molar-refractivity contribution >= 4 is 101 Å². The van der Waals surface area contributed by atoms with Crippen LogP contribution in [0.25, 0.3) is 0 Å². The molecule has 0 aromatic heterocycles. The lowest BCUT2D eigenvalue weighted by Gasteiger charge is -2.28. The van der Waals surface area contributed by atoms with Crippen molar-refractivity contribution in [2.45, 2.75) is 131 Å². The molecule has 59 heavy (non-hydrogen) atoms. The third kappa shape index (κ3) is 27.3. The Morgan fingerprint density at radius 2 is 0.746 bits per heavy atom. The summed E-state index contributed by atoms with van der Waals surface area (Å²) in [6.45, 7) is 23.9.